The Kier molecular flexibility index (Phi) is 6.21. The normalized spacial score (nSPS) is 14.7. The van der Waals surface area contributed by atoms with Crippen LogP contribution in [-0.2, 0) is 10.8 Å². The van der Waals surface area contributed by atoms with E-state index in [1.165, 1.54) is 92.9 Å². The first-order valence-electron chi connectivity index (χ1n) is 17.6. The van der Waals surface area contributed by atoms with Crippen LogP contribution in [-0.4, -0.2) is 0 Å². The zero-order valence-electron chi connectivity index (χ0n) is 28.8. The molecule has 0 spiro atoms. The largest absolute Gasteiger partial charge is 0.309 e. The molecule has 1 aromatic heterocycles. The number of hydrogen-bond acceptors (Lipinski definition) is 2. The van der Waals surface area contributed by atoms with Crippen LogP contribution in [0.4, 0.5) is 17.1 Å². The molecular weight excluding hydrogens is 623 g/mol. The van der Waals surface area contributed by atoms with Gasteiger partial charge in [-0.2, -0.15) is 0 Å². The molecule has 1 heterocycles. The van der Waals surface area contributed by atoms with Crippen molar-refractivity contribution in [3.05, 3.63) is 174 Å². The third-order valence-electron chi connectivity index (χ3n) is 11.4. The van der Waals surface area contributed by atoms with Gasteiger partial charge < -0.3 is 4.90 Å². The summed E-state index contributed by atoms with van der Waals surface area (Å²) in [5.41, 5.74) is 16.7. The topological polar surface area (TPSA) is 3.24 Å². The van der Waals surface area contributed by atoms with Crippen LogP contribution in [0.25, 0.3) is 53.6 Å². The molecule has 10 rings (SSSR count). The Bertz CT molecular complexity index is 2560. The minimum Gasteiger partial charge on any atom is -0.309 e. The van der Waals surface area contributed by atoms with Crippen LogP contribution in [0.3, 0.4) is 0 Å². The fraction of sp³-hybridized carbons (Fsp3) is 0.125. The number of thiophene rings is 1. The van der Waals surface area contributed by atoms with Crippen molar-refractivity contribution in [1.82, 2.24) is 0 Å². The third kappa shape index (κ3) is 4.00. The van der Waals surface area contributed by atoms with Crippen molar-refractivity contribution >= 4 is 48.6 Å². The van der Waals surface area contributed by atoms with Gasteiger partial charge in [0.1, 0.15) is 0 Å². The molecule has 2 heteroatoms. The van der Waals surface area contributed by atoms with Gasteiger partial charge in [-0.25, -0.2) is 0 Å². The van der Waals surface area contributed by atoms with Gasteiger partial charge in [0.15, 0.2) is 0 Å². The van der Waals surface area contributed by atoms with Crippen LogP contribution in [0, 0.1) is 0 Å². The van der Waals surface area contributed by atoms with Gasteiger partial charge in [-0.05, 0) is 92.0 Å². The van der Waals surface area contributed by atoms with Crippen molar-refractivity contribution in [2.24, 2.45) is 0 Å². The molecule has 8 aromatic rings. The highest BCUT2D eigenvalue weighted by atomic mass is 32.1. The van der Waals surface area contributed by atoms with Crippen molar-refractivity contribution in [3.8, 4) is 33.4 Å². The highest BCUT2D eigenvalue weighted by Gasteiger charge is 2.46. The molecule has 7 aromatic carbocycles. The van der Waals surface area contributed by atoms with E-state index in [0.29, 0.717) is 0 Å². The highest BCUT2D eigenvalue weighted by molar-refractivity contribution is 7.26. The Hall–Kier alpha value is -5.44. The average molecular weight is 660 g/mol. The Morgan fingerprint density at radius 3 is 1.66 bits per heavy atom. The van der Waals surface area contributed by atoms with Crippen molar-refractivity contribution in [1.29, 1.82) is 0 Å². The lowest BCUT2D eigenvalue weighted by Gasteiger charge is -2.37. The quantitative estimate of drug-likeness (QED) is 0.182. The van der Waals surface area contributed by atoms with Crippen molar-refractivity contribution in [2.75, 3.05) is 4.90 Å². The minimum absolute atomic E-state index is 0.214. The van der Waals surface area contributed by atoms with Gasteiger partial charge in [0, 0.05) is 36.7 Å². The van der Waals surface area contributed by atoms with Gasteiger partial charge in [0.25, 0.3) is 0 Å². The van der Waals surface area contributed by atoms with Gasteiger partial charge >= 0.3 is 0 Å². The van der Waals surface area contributed by atoms with Crippen LogP contribution in [0.5, 0.6) is 0 Å². The van der Waals surface area contributed by atoms with Crippen molar-refractivity contribution in [2.45, 2.75) is 38.5 Å². The molecule has 50 heavy (non-hydrogen) atoms. The summed E-state index contributed by atoms with van der Waals surface area (Å²) in [5, 5.41) is 2.62. The SMILES string of the molecule is CC1(C)c2ccccc2-c2cc3c(c(N(c4ccc(-c5ccccc5)cc4)c4cccc5sc6ccccc6c45)c21)C(C)(C)c1ccccc1-3. The van der Waals surface area contributed by atoms with E-state index in [1.54, 1.807) is 0 Å². The van der Waals surface area contributed by atoms with E-state index in [2.05, 4.69) is 184 Å². The number of rotatable bonds is 4. The third-order valence-corrected chi connectivity index (χ3v) is 12.5. The molecular formula is C48H37NS. The van der Waals surface area contributed by atoms with Crippen LogP contribution in [0.1, 0.15) is 49.9 Å². The maximum Gasteiger partial charge on any atom is 0.0556 e. The van der Waals surface area contributed by atoms with E-state index in [4.69, 9.17) is 0 Å². The van der Waals surface area contributed by atoms with Crippen LogP contribution < -0.4 is 4.90 Å². The second kappa shape index (κ2) is 10.5. The summed E-state index contributed by atoms with van der Waals surface area (Å²) in [6.45, 7) is 9.72. The molecule has 0 N–H and O–H groups in total. The van der Waals surface area contributed by atoms with Gasteiger partial charge in [0.2, 0.25) is 0 Å². The molecule has 0 amide bonds. The van der Waals surface area contributed by atoms with E-state index in [1.807, 2.05) is 11.3 Å². The number of fused-ring (bicyclic) bond motifs is 9. The summed E-state index contributed by atoms with van der Waals surface area (Å²) in [6, 6.07) is 56.5. The summed E-state index contributed by atoms with van der Waals surface area (Å²) in [5.74, 6) is 0. The summed E-state index contributed by atoms with van der Waals surface area (Å²) < 4.78 is 2.63. The zero-order valence-corrected chi connectivity index (χ0v) is 29.6. The van der Waals surface area contributed by atoms with Crippen LogP contribution >= 0.6 is 11.3 Å². The maximum absolute atomic E-state index is 2.63. The first kappa shape index (κ1) is 29.5. The maximum atomic E-state index is 2.63. The number of benzene rings is 7. The fourth-order valence-electron chi connectivity index (χ4n) is 9.14. The molecule has 0 saturated carbocycles. The van der Waals surface area contributed by atoms with Gasteiger partial charge in [0.05, 0.1) is 11.4 Å². The van der Waals surface area contributed by atoms with Gasteiger partial charge in [-0.1, -0.05) is 143 Å². The molecule has 0 saturated heterocycles. The molecule has 2 aliphatic rings. The monoisotopic (exact) mass is 659 g/mol. The molecule has 0 radical (unpaired) electrons. The average Bonchev–Trinajstić information content (AvgIpc) is 3.73. The Labute approximate surface area is 298 Å². The number of anilines is 3. The fourth-order valence-corrected chi connectivity index (χ4v) is 10.3. The second-order valence-corrected chi connectivity index (χ2v) is 16.0. The molecule has 1 nitrogen and oxygen atoms in total. The lowest BCUT2D eigenvalue weighted by molar-refractivity contribution is 0.640. The van der Waals surface area contributed by atoms with Gasteiger partial charge in [-0.15, -0.1) is 11.3 Å². The second-order valence-electron chi connectivity index (χ2n) is 14.9. The number of hydrogen-bond donors (Lipinski definition) is 0. The minimum atomic E-state index is -0.214. The Morgan fingerprint density at radius 1 is 0.460 bits per heavy atom. The summed E-state index contributed by atoms with van der Waals surface area (Å²) >= 11 is 1.89. The highest BCUT2D eigenvalue weighted by Crippen LogP contribution is 2.63. The van der Waals surface area contributed by atoms with Gasteiger partial charge in [-0.3, -0.25) is 0 Å². The molecule has 240 valence electrons. The summed E-state index contributed by atoms with van der Waals surface area (Å²) in [6.07, 6.45) is 0. The van der Waals surface area contributed by atoms with E-state index in [9.17, 15) is 0 Å². The standard InChI is InChI=1S/C48H37NS/c1-47(2)38-20-11-8-17-33(38)36-29-37-34-18-9-12-21-39(34)48(3,4)45(37)46(44(36)47)49(32-27-25-31(26-28-32)30-15-6-5-7-16-30)40-22-14-24-42-43(40)35-19-10-13-23-41(35)50-42/h5-29H,1-4H3. The number of nitrogens with zero attached hydrogens (tertiary/aromatic N) is 1. The predicted molar refractivity (Wildman–Crippen MR) is 215 cm³/mol. The summed E-state index contributed by atoms with van der Waals surface area (Å²) in [4.78, 5) is 2.63. The lowest BCUT2D eigenvalue weighted by atomic mass is 9.75. The smallest absolute Gasteiger partial charge is 0.0556 e. The Morgan fingerprint density at radius 2 is 1.00 bits per heavy atom. The summed E-state index contributed by atoms with van der Waals surface area (Å²) in [7, 11) is 0. The van der Waals surface area contributed by atoms with E-state index in [-0.39, 0.29) is 10.8 Å². The van der Waals surface area contributed by atoms with Crippen molar-refractivity contribution < 1.29 is 0 Å². The molecule has 2 aliphatic carbocycles. The molecule has 0 aliphatic heterocycles. The molecule has 0 bridgehead atoms. The predicted octanol–water partition coefficient (Wildman–Crippen LogP) is 13.8. The first-order valence-corrected chi connectivity index (χ1v) is 18.4. The first-order chi connectivity index (χ1) is 24.3. The van der Waals surface area contributed by atoms with Crippen molar-refractivity contribution in [3.63, 3.8) is 0 Å². The zero-order chi connectivity index (χ0) is 33.8. The van der Waals surface area contributed by atoms with Crippen LogP contribution in [0.15, 0.2) is 152 Å². The molecule has 0 fully saturated rings. The van der Waals surface area contributed by atoms with E-state index < -0.39 is 0 Å². The molecule has 0 atom stereocenters. The van der Waals surface area contributed by atoms with Crippen LogP contribution in [0.2, 0.25) is 0 Å². The molecule has 0 unspecified atom stereocenters. The van der Waals surface area contributed by atoms with E-state index in [0.717, 1.165) is 0 Å². The van der Waals surface area contributed by atoms with E-state index >= 15 is 0 Å². The Balaban J connectivity index is 1.36. The lowest BCUT2D eigenvalue weighted by Crippen LogP contribution is -2.26.